The number of carbonyl (C=O) groups excluding carboxylic acids is 1. The van der Waals surface area contributed by atoms with E-state index in [0.717, 1.165) is 6.07 Å². The van der Waals surface area contributed by atoms with Crippen molar-refractivity contribution in [1.29, 1.82) is 0 Å². The number of hydrogen-bond acceptors (Lipinski definition) is 3. The number of H-pyrrole nitrogens is 1. The van der Waals surface area contributed by atoms with Crippen LogP contribution in [0.4, 0.5) is 13.2 Å². The molecule has 0 saturated heterocycles. The van der Waals surface area contributed by atoms with E-state index in [2.05, 4.69) is 5.10 Å². The van der Waals surface area contributed by atoms with Crippen LogP contribution in [0.25, 0.3) is 11.3 Å². The Bertz CT molecular complexity index is 513. The van der Waals surface area contributed by atoms with Crippen LogP contribution >= 0.6 is 0 Å². The van der Waals surface area contributed by atoms with Gasteiger partial charge in [-0.05, 0) is 12.1 Å². The molecule has 0 unspecified atom stereocenters. The van der Waals surface area contributed by atoms with Gasteiger partial charge in [-0.3, -0.25) is 9.89 Å². The molecule has 0 aliphatic rings. The second-order valence-corrected chi connectivity index (χ2v) is 2.98. The molecular formula is C9H5F3N2O2. The number of hydrogen-bond donors (Lipinski definition) is 1. The molecule has 84 valence electrons. The highest BCUT2D eigenvalue weighted by molar-refractivity contribution is 5.83. The number of halogens is 3. The van der Waals surface area contributed by atoms with Crippen LogP contribution in [-0.2, 0) is 6.18 Å². The third-order valence-corrected chi connectivity index (χ3v) is 1.96. The molecule has 1 N–H and O–H groups in total. The summed E-state index contributed by atoms with van der Waals surface area (Å²) in [6.45, 7) is 0. The number of aldehydes is 1. The van der Waals surface area contributed by atoms with E-state index in [4.69, 9.17) is 4.42 Å². The summed E-state index contributed by atoms with van der Waals surface area (Å²) in [5, 5.41) is 5.32. The molecule has 0 amide bonds. The van der Waals surface area contributed by atoms with Crippen molar-refractivity contribution in [2.45, 2.75) is 6.18 Å². The summed E-state index contributed by atoms with van der Waals surface area (Å²) in [6, 6.07) is 2.19. The third-order valence-electron chi connectivity index (χ3n) is 1.96. The first kappa shape index (κ1) is 10.5. The molecule has 0 aromatic carbocycles. The molecule has 16 heavy (non-hydrogen) atoms. The Morgan fingerprint density at radius 1 is 1.44 bits per heavy atom. The number of carbonyl (C=O) groups is 1. The van der Waals surface area contributed by atoms with Gasteiger partial charge in [-0.25, -0.2) is 0 Å². The molecule has 0 fully saturated rings. The predicted octanol–water partition coefficient (Wildman–Crippen LogP) is 2.50. The first-order valence-corrected chi connectivity index (χ1v) is 4.18. The van der Waals surface area contributed by atoms with Crippen molar-refractivity contribution in [3.05, 3.63) is 29.9 Å². The average Bonchev–Trinajstić information content (AvgIpc) is 2.84. The van der Waals surface area contributed by atoms with Gasteiger partial charge in [-0.15, -0.1) is 0 Å². The molecule has 0 radical (unpaired) electrons. The monoisotopic (exact) mass is 230 g/mol. The van der Waals surface area contributed by atoms with Gasteiger partial charge in [0.2, 0.25) is 0 Å². The minimum atomic E-state index is -4.49. The lowest BCUT2D eigenvalue weighted by Gasteiger charge is -1.99. The summed E-state index contributed by atoms with van der Waals surface area (Å²) in [6.07, 6.45) is -2.87. The fourth-order valence-electron chi connectivity index (χ4n) is 1.23. The zero-order chi connectivity index (χ0) is 11.8. The lowest BCUT2D eigenvalue weighted by atomic mass is 10.2. The Labute approximate surface area is 87.1 Å². The van der Waals surface area contributed by atoms with E-state index in [9.17, 15) is 18.0 Å². The van der Waals surface area contributed by atoms with Crippen LogP contribution in [-0.4, -0.2) is 16.5 Å². The maximum atomic E-state index is 12.3. The normalized spacial score (nSPS) is 11.7. The Morgan fingerprint density at radius 2 is 2.19 bits per heavy atom. The second-order valence-electron chi connectivity index (χ2n) is 2.98. The molecular weight excluding hydrogens is 225 g/mol. The lowest BCUT2D eigenvalue weighted by molar-refractivity contribution is -0.141. The van der Waals surface area contributed by atoms with E-state index in [1.807, 2.05) is 5.10 Å². The largest absolute Gasteiger partial charge is 0.461 e. The molecule has 2 rings (SSSR count). The molecule has 0 spiro atoms. The zero-order valence-corrected chi connectivity index (χ0v) is 7.71. The molecule has 4 nitrogen and oxygen atoms in total. The van der Waals surface area contributed by atoms with E-state index in [1.54, 1.807) is 0 Å². The van der Waals surface area contributed by atoms with Gasteiger partial charge < -0.3 is 4.42 Å². The van der Waals surface area contributed by atoms with Crippen molar-refractivity contribution in [3.63, 3.8) is 0 Å². The van der Waals surface area contributed by atoms with E-state index < -0.39 is 11.9 Å². The topological polar surface area (TPSA) is 58.9 Å². The number of furan rings is 1. The number of alkyl halides is 3. The van der Waals surface area contributed by atoms with Crippen molar-refractivity contribution in [2.24, 2.45) is 0 Å². The van der Waals surface area contributed by atoms with Gasteiger partial charge in [0.25, 0.3) is 0 Å². The van der Waals surface area contributed by atoms with Crippen molar-refractivity contribution in [1.82, 2.24) is 10.2 Å². The number of rotatable bonds is 2. The van der Waals surface area contributed by atoms with Crippen LogP contribution in [0.5, 0.6) is 0 Å². The van der Waals surface area contributed by atoms with Crippen molar-refractivity contribution >= 4 is 6.29 Å². The minimum absolute atomic E-state index is 0.0168. The van der Waals surface area contributed by atoms with Gasteiger partial charge in [0.15, 0.2) is 12.0 Å². The van der Waals surface area contributed by atoms with Gasteiger partial charge in [0, 0.05) is 0 Å². The molecule has 2 heterocycles. The van der Waals surface area contributed by atoms with Crippen molar-refractivity contribution < 1.29 is 22.4 Å². The van der Waals surface area contributed by atoms with Gasteiger partial charge in [-0.1, -0.05) is 0 Å². The van der Waals surface area contributed by atoms with Crippen LogP contribution in [0.15, 0.2) is 22.8 Å². The zero-order valence-electron chi connectivity index (χ0n) is 7.71. The number of aromatic nitrogens is 2. The molecule has 0 atom stereocenters. The maximum Gasteiger partial charge on any atom is 0.432 e. The van der Waals surface area contributed by atoms with Gasteiger partial charge in [0.05, 0.1) is 17.5 Å². The van der Waals surface area contributed by atoms with Gasteiger partial charge in [-0.2, -0.15) is 18.3 Å². The summed E-state index contributed by atoms with van der Waals surface area (Å²) >= 11 is 0. The van der Waals surface area contributed by atoms with Crippen LogP contribution in [0.2, 0.25) is 0 Å². The first-order chi connectivity index (χ1) is 7.52. The van der Waals surface area contributed by atoms with E-state index in [0.29, 0.717) is 6.29 Å². The molecule has 0 aliphatic heterocycles. The summed E-state index contributed by atoms with van der Waals surface area (Å²) in [5.41, 5.74) is -0.731. The number of aromatic amines is 1. The number of nitrogens with zero attached hydrogens (tertiary/aromatic N) is 1. The van der Waals surface area contributed by atoms with E-state index in [1.165, 1.54) is 12.3 Å². The molecule has 0 saturated carbocycles. The Kier molecular flexibility index (Phi) is 2.30. The molecule has 2 aromatic heterocycles. The highest BCUT2D eigenvalue weighted by Gasteiger charge is 2.33. The molecule has 0 aliphatic carbocycles. The molecule has 0 bridgehead atoms. The Balaban J connectivity index is 2.43. The standard InChI is InChI=1S/C9H5F3N2O2/c10-9(11,12)8-3-6(13-14-8)5-1-2-16-7(5)4-15/h1-4H,(H,13,14). The van der Waals surface area contributed by atoms with Crippen LogP contribution in [0, 0.1) is 0 Å². The van der Waals surface area contributed by atoms with Gasteiger partial charge >= 0.3 is 6.18 Å². The summed E-state index contributed by atoms with van der Waals surface area (Å²) in [7, 11) is 0. The number of nitrogens with one attached hydrogen (secondary N) is 1. The summed E-state index contributed by atoms with van der Waals surface area (Å²) < 4.78 is 41.5. The van der Waals surface area contributed by atoms with E-state index in [-0.39, 0.29) is 17.0 Å². The third kappa shape index (κ3) is 1.71. The highest BCUT2D eigenvalue weighted by Crippen LogP contribution is 2.31. The van der Waals surface area contributed by atoms with Crippen molar-refractivity contribution in [2.75, 3.05) is 0 Å². The Hall–Kier alpha value is -2.05. The van der Waals surface area contributed by atoms with E-state index >= 15 is 0 Å². The quantitative estimate of drug-likeness (QED) is 0.806. The van der Waals surface area contributed by atoms with Crippen LogP contribution in [0.1, 0.15) is 16.2 Å². The van der Waals surface area contributed by atoms with Crippen molar-refractivity contribution in [3.8, 4) is 11.3 Å². The summed E-state index contributed by atoms with van der Waals surface area (Å²) in [5.74, 6) is -0.0553. The maximum absolute atomic E-state index is 12.3. The lowest BCUT2D eigenvalue weighted by Crippen LogP contribution is -2.04. The smallest absolute Gasteiger partial charge is 0.432 e. The fraction of sp³-hybridized carbons (Fsp3) is 0.111. The minimum Gasteiger partial charge on any atom is -0.461 e. The molecule has 2 aromatic rings. The van der Waals surface area contributed by atoms with Crippen LogP contribution < -0.4 is 0 Å². The predicted molar refractivity (Wildman–Crippen MR) is 46.7 cm³/mol. The average molecular weight is 230 g/mol. The SMILES string of the molecule is O=Cc1occc1-c1cc(C(F)(F)F)[nH]n1. The second kappa shape index (κ2) is 3.51. The highest BCUT2D eigenvalue weighted by atomic mass is 19.4. The fourth-order valence-corrected chi connectivity index (χ4v) is 1.23. The van der Waals surface area contributed by atoms with Crippen LogP contribution in [0.3, 0.4) is 0 Å². The van der Waals surface area contributed by atoms with Gasteiger partial charge in [0.1, 0.15) is 5.69 Å². The first-order valence-electron chi connectivity index (χ1n) is 4.18. The molecule has 7 heteroatoms. The Morgan fingerprint density at radius 3 is 2.75 bits per heavy atom. The summed E-state index contributed by atoms with van der Waals surface area (Å²) in [4.78, 5) is 10.5.